The first-order valence-corrected chi connectivity index (χ1v) is 19.7. The van der Waals surface area contributed by atoms with Gasteiger partial charge in [0.05, 0.1) is 22.8 Å². The smallest absolute Gasteiger partial charge is 0.171 e. The SMILES string of the molecule is N#Cc1ccc(-c2nc3cc(-c4ccc5cc(P(=O)(c6ccccc6)c6ccccc6)ccc5c4)ccc3c3c4ccccc4c4ccccc4c23)cc1. The Bertz CT molecular complexity index is 3140. The Morgan fingerprint density at radius 1 is 0.426 bits per heavy atom. The number of fused-ring (bicyclic) bond motifs is 9. The van der Waals surface area contributed by atoms with Crippen LogP contribution in [0.15, 0.2) is 188 Å². The molecule has 10 aromatic rings. The molecule has 9 aromatic carbocycles. The summed E-state index contributed by atoms with van der Waals surface area (Å²) in [5.74, 6) is 0. The summed E-state index contributed by atoms with van der Waals surface area (Å²) in [5, 5.41) is 22.2. The molecule has 0 amide bonds. The maximum absolute atomic E-state index is 15.1. The van der Waals surface area contributed by atoms with E-state index < -0.39 is 7.14 Å². The quantitative estimate of drug-likeness (QED) is 0.132. The van der Waals surface area contributed by atoms with Gasteiger partial charge >= 0.3 is 0 Å². The Kier molecular flexibility index (Phi) is 7.48. The molecule has 0 bridgehead atoms. The Hall–Kier alpha value is -6.85. The molecule has 1 aromatic heterocycles. The fourth-order valence-electron chi connectivity index (χ4n) is 8.10. The summed E-state index contributed by atoms with van der Waals surface area (Å²) in [4.78, 5) is 5.42. The monoisotopic (exact) mass is 706 g/mol. The largest absolute Gasteiger partial charge is 0.309 e. The van der Waals surface area contributed by atoms with E-state index in [1.165, 1.54) is 21.5 Å². The molecule has 54 heavy (non-hydrogen) atoms. The molecular weight excluding hydrogens is 676 g/mol. The van der Waals surface area contributed by atoms with Gasteiger partial charge in [0.15, 0.2) is 7.14 Å². The fourth-order valence-corrected chi connectivity index (χ4v) is 10.8. The summed E-state index contributed by atoms with van der Waals surface area (Å²) < 4.78 is 15.1. The third-order valence-electron chi connectivity index (χ3n) is 10.7. The first kappa shape index (κ1) is 31.9. The van der Waals surface area contributed by atoms with Crippen molar-refractivity contribution in [2.45, 2.75) is 0 Å². The number of aromatic nitrogens is 1. The normalized spacial score (nSPS) is 11.8. The molecule has 0 aliphatic carbocycles. The predicted molar refractivity (Wildman–Crippen MR) is 227 cm³/mol. The highest BCUT2D eigenvalue weighted by atomic mass is 31.2. The summed E-state index contributed by atoms with van der Waals surface area (Å²) in [7, 11) is -3.09. The maximum atomic E-state index is 15.1. The van der Waals surface area contributed by atoms with Crippen LogP contribution in [0.2, 0.25) is 0 Å². The van der Waals surface area contributed by atoms with Crippen LogP contribution in [0.25, 0.3) is 76.4 Å². The van der Waals surface area contributed by atoms with Crippen LogP contribution in [-0.4, -0.2) is 4.98 Å². The second-order valence-electron chi connectivity index (χ2n) is 13.7. The molecule has 0 aliphatic heterocycles. The van der Waals surface area contributed by atoms with Crippen LogP contribution < -0.4 is 15.9 Å². The van der Waals surface area contributed by atoms with Crippen molar-refractivity contribution in [1.82, 2.24) is 4.98 Å². The van der Waals surface area contributed by atoms with Gasteiger partial charge in [-0.25, -0.2) is 4.98 Å². The zero-order valence-corrected chi connectivity index (χ0v) is 30.0. The minimum atomic E-state index is -3.09. The number of rotatable bonds is 5. The van der Waals surface area contributed by atoms with Crippen molar-refractivity contribution in [2.75, 3.05) is 0 Å². The average molecular weight is 707 g/mol. The van der Waals surface area contributed by atoms with E-state index in [0.717, 1.165) is 70.7 Å². The van der Waals surface area contributed by atoms with Gasteiger partial charge in [0.2, 0.25) is 0 Å². The molecule has 0 aliphatic rings. The predicted octanol–water partition coefficient (Wildman–Crippen LogP) is 11.7. The van der Waals surface area contributed by atoms with Gasteiger partial charge in [0.1, 0.15) is 0 Å². The maximum Gasteiger partial charge on any atom is 0.171 e. The van der Waals surface area contributed by atoms with Crippen molar-refractivity contribution in [2.24, 2.45) is 0 Å². The van der Waals surface area contributed by atoms with Crippen LogP contribution in [0, 0.1) is 11.3 Å². The molecule has 0 atom stereocenters. The van der Waals surface area contributed by atoms with E-state index in [1.807, 2.05) is 91.0 Å². The van der Waals surface area contributed by atoms with Crippen molar-refractivity contribution in [3.8, 4) is 28.5 Å². The zero-order valence-electron chi connectivity index (χ0n) is 29.1. The molecule has 0 N–H and O–H groups in total. The van der Waals surface area contributed by atoms with Crippen LogP contribution in [-0.2, 0) is 4.57 Å². The minimum absolute atomic E-state index is 0.618. The van der Waals surface area contributed by atoms with Crippen molar-refractivity contribution in [3.63, 3.8) is 0 Å². The lowest BCUT2D eigenvalue weighted by Gasteiger charge is -2.20. The van der Waals surface area contributed by atoms with Gasteiger partial charge in [-0.3, -0.25) is 0 Å². The van der Waals surface area contributed by atoms with Crippen LogP contribution in [0.4, 0.5) is 0 Å². The summed E-state index contributed by atoms with van der Waals surface area (Å²) >= 11 is 0. The molecule has 10 rings (SSSR count). The van der Waals surface area contributed by atoms with Crippen molar-refractivity contribution < 1.29 is 4.57 Å². The Morgan fingerprint density at radius 3 is 1.59 bits per heavy atom. The molecule has 3 nitrogen and oxygen atoms in total. The van der Waals surface area contributed by atoms with Crippen molar-refractivity contribution >= 4 is 77.0 Å². The average Bonchev–Trinajstić information content (AvgIpc) is 3.25. The third-order valence-corrected chi connectivity index (χ3v) is 13.8. The number of nitrogens with zero attached hydrogens (tertiary/aromatic N) is 2. The van der Waals surface area contributed by atoms with E-state index in [-0.39, 0.29) is 0 Å². The van der Waals surface area contributed by atoms with Crippen LogP contribution in [0.3, 0.4) is 0 Å². The minimum Gasteiger partial charge on any atom is -0.309 e. The second kappa shape index (κ2) is 12.7. The van der Waals surface area contributed by atoms with E-state index in [4.69, 9.17) is 4.98 Å². The number of hydrogen-bond acceptors (Lipinski definition) is 3. The lowest BCUT2D eigenvalue weighted by Crippen LogP contribution is -2.24. The van der Waals surface area contributed by atoms with Gasteiger partial charge in [-0.05, 0) is 73.8 Å². The van der Waals surface area contributed by atoms with Gasteiger partial charge in [-0.15, -0.1) is 0 Å². The summed E-state index contributed by atoms with van der Waals surface area (Å²) in [6.07, 6.45) is 0. The highest BCUT2D eigenvalue weighted by Gasteiger charge is 2.29. The van der Waals surface area contributed by atoms with Crippen LogP contribution in [0.5, 0.6) is 0 Å². The molecule has 0 unspecified atom stereocenters. The van der Waals surface area contributed by atoms with E-state index in [0.29, 0.717) is 5.56 Å². The molecule has 0 fully saturated rings. The molecule has 0 saturated carbocycles. The Labute approximate surface area is 312 Å². The third kappa shape index (κ3) is 5.04. The molecule has 4 heteroatoms. The van der Waals surface area contributed by atoms with E-state index >= 15 is 4.57 Å². The highest BCUT2D eigenvalue weighted by Crippen LogP contribution is 2.45. The summed E-state index contributed by atoms with van der Waals surface area (Å²) in [6, 6.07) is 66.1. The van der Waals surface area contributed by atoms with E-state index in [2.05, 4.69) is 103 Å². The topological polar surface area (TPSA) is 53.8 Å². The first-order chi connectivity index (χ1) is 26.6. The molecule has 1 heterocycles. The molecule has 0 radical (unpaired) electrons. The number of nitriles is 1. The number of pyridine rings is 1. The summed E-state index contributed by atoms with van der Waals surface area (Å²) in [5.41, 5.74) is 5.53. The molecule has 0 saturated heterocycles. The standard InChI is InChI=1S/C50H31N2OP/c51-32-33-19-21-34(22-20-33)50-49-45-18-10-8-16-43(45)42-15-7-9-17-44(42)48(49)46-28-26-38(31-47(46)52-50)35-23-24-37-30-41(27-25-36(37)29-35)54(53,39-11-3-1-4-12-39)40-13-5-2-6-14-40/h1-31H. The van der Waals surface area contributed by atoms with Gasteiger partial charge in [0, 0.05) is 37.6 Å². The molecule has 252 valence electrons. The lowest BCUT2D eigenvalue weighted by molar-refractivity contribution is 0.592. The van der Waals surface area contributed by atoms with Crippen molar-refractivity contribution in [1.29, 1.82) is 5.26 Å². The van der Waals surface area contributed by atoms with E-state index in [9.17, 15) is 5.26 Å². The lowest BCUT2D eigenvalue weighted by atomic mass is 9.89. The second-order valence-corrected chi connectivity index (χ2v) is 16.5. The highest BCUT2D eigenvalue weighted by molar-refractivity contribution is 7.85. The number of benzene rings is 9. The molecule has 0 spiro atoms. The van der Waals surface area contributed by atoms with Crippen molar-refractivity contribution in [3.05, 3.63) is 194 Å². The van der Waals surface area contributed by atoms with Gasteiger partial charge < -0.3 is 4.57 Å². The summed E-state index contributed by atoms with van der Waals surface area (Å²) in [6.45, 7) is 0. The Morgan fingerprint density at radius 2 is 0.944 bits per heavy atom. The first-order valence-electron chi connectivity index (χ1n) is 18.0. The fraction of sp³-hybridized carbons (Fsp3) is 0. The van der Waals surface area contributed by atoms with Gasteiger partial charge in [-0.1, -0.05) is 158 Å². The van der Waals surface area contributed by atoms with Crippen LogP contribution >= 0.6 is 7.14 Å². The zero-order chi connectivity index (χ0) is 36.2. The number of hydrogen-bond donors (Lipinski definition) is 0. The van der Waals surface area contributed by atoms with Gasteiger partial charge in [-0.2, -0.15) is 5.26 Å². The van der Waals surface area contributed by atoms with Crippen LogP contribution in [0.1, 0.15) is 5.56 Å². The Balaban J connectivity index is 1.16. The van der Waals surface area contributed by atoms with E-state index in [1.54, 1.807) is 0 Å². The molecular formula is C50H31N2OP. The van der Waals surface area contributed by atoms with Gasteiger partial charge in [0.25, 0.3) is 0 Å².